The summed E-state index contributed by atoms with van der Waals surface area (Å²) in [5.41, 5.74) is 3.27. The number of likely N-dealkylation sites (tertiary alicyclic amines) is 1. The zero-order valence-electron chi connectivity index (χ0n) is 18.0. The number of aryl methyl sites for hydroxylation is 1. The van der Waals surface area contributed by atoms with E-state index in [1.165, 1.54) is 12.4 Å². The molecule has 2 aliphatic rings. The molecular formula is C23H26F4N4O. The fourth-order valence-corrected chi connectivity index (χ4v) is 5.68. The van der Waals surface area contributed by atoms with Crippen molar-refractivity contribution in [2.45, 2.75) is 57.7 Å². The molecule has 1 aliphatic carbocycles. The van der Waals surface area contributed by atoms with Crippen LogP contribution < -0.4 is 4.74 Å². The summed E-state index contributed by atoms with van der Waals surface area (Å²) in [5.74, 6) is -1.87. The van der Waals surface area contributed by atoms with Crippen molar-refractivity contribution >= 4 is 10.9 Å². The first kappa shape index (κ1) is 21.3. The number of hydrogen-bond acceptors (Lipinski definition) is 3. The number of fused-ring (bicyclic) bond motifs is 1. The SMILES string of the molecule is COc1cc(C)c2[nH]ccc2c1CN1CCC2(C[C@@H]1c1cnn(C(F)F)c1)CC(F)(F)C2. The number of benzene rings is 1. The van der Waals surface area contributed by atoms with Crippen LogP contribution in [0.15, 0.2) is 30.7 Å². The number of aromatic nitrogens is 3. The lowest BCUT2D eigenvalue weighted by atomic mass is 9.59. The molecule has 1 N–H and O–H groups in total. The molecule has 0 unspecified atom stereocenters. The van der Waals surface area contributed by atoms with E-state index in [1.807, 2.05) is 25.3 Å². The fourth-order valence-electron chi connectivity index (χ4n) is 5.68. The van der Waals surface area contributed by atoms with E-state index in [4.69, 9.17) is 4.74 Å². The second-order valence-electron chi connectivity index (χ2n) is 9.32. The van der Waals surface area contributed by atoms with Crippen molar-refractivity contribution < 1.29 is 22.3 Å². The summed E-state index contributed by atoms with van der Waals surface area (Å²) in [6, 6.07) is 3.71. The van der Waals surface area contributed by atoms with Crippen LogP contribution in [0.3, 0.4) is 0 Å². The van der Waals surface area contributed by atoms with E-state index in [9.17, 15) is 17.6 Å². The molecule has 9 heteroatoms. The highest BCUT2D eigenvalue weighted by molar-refractivity contribution is 5.88. The van der Waals surface area contributed by atoms with Gasteiger partial charge in [-0.25, -0.2) is 13.5 Å². The van der Waals surface area contributed by atoms with E-state index < -0.39 is 17.9 Å². The second-order valence-corrected chi connectivity index (χ2v) is 9.32. The van der Waals surface area contributed by atoms with Gasteiger partial charge >= 0.3 is 6.55 Å². The van der Waals surface area contributed by atoms with Gasteiger partial charge in [0.15, 0.2) is 0 Å². The average Bonchev–Trinajstić information content (AvgIpc) is 3.39. The van der Waals surface area contributed by atoms with Crippen molar-refractivity contribution in [1.29, 1.82) is 0 Å². The van der Waals surface area contributed by atoms with Gasteiger partial charge in [0.2, 0.25) is 5.92 Å². The van der Waals surface area contributed by atoms with Crippen LogP contribution in [0.25, 0.3) is 10.9 Å². The van der Waals surface area contributed by atoms with Gasteiger partial charge in [-0.15, -0.1) is 0 Å². The number of hydrogen-bond donors (Lipinski definition) is 1. The molecule has 0 amide bonds. The fraction of sp³-hybridized carbons (Fsp3) is 0.522. The van der Waals surface area contributed by atoms with Gasteiger partial charge in [-0.1, -0.05) is 0 Å². The van der Waals surface area contributed by atoms with E-state index in [-0.39, 0.29) is 18.9 Å². The highest BCUT2D eigenvalue weighted by Crippen LogP contribution is 2.60. The summed E-state index contributed by atoms with van der Waals surface area (Å²) in [6.45, 7) is 0.395. The lowest BCUT2D eigenvalue weighted by Gasteiger charge is -2.54. The third-order valence-corrected chi connectivity index (χ3v) is 7.16. The minimum atomic E-state index is -2.74. The smallest absolute Gasteiger partial charge is 0.333 e. The molecule has 3 aromatic rings. The summed E-state index contributed by atoms with van der Waals surface area (Å²) in [6.07, 6.45) is 5.56. The van der Waals surface area contributed by atoms with Crippen molar-refractivity contribution in [3.8, 4) is 5.75 Å². The Balaban J connectivity index is 1.50. The molecule has 2 fully saturated rings. The Hall–Kier alpha value is -2.55. The molecule has 1 atom stereocenters. The van der Waals surface area contributed by atoms with E-state index in [1.54, 1.807) is 7.11 Å². The molecule has 172 valence electrons. The molecule has 1 aliphatic heterocycles. The van der Waals surface area contributed by atoms with Gasteiger partial charge in [0, 0.05) is 59.9 Å². The van der Waals surface area contributed by atoms with Crippen LogP contribution >= 0.6 is 0 Å². The number of alkyl halides is 4. The highest BCUT2D eigenvalue weighted by atomic mass is 19.3. The van der Waals surface area contributed by atoms with E-state index in [2.05, 4.69) is 15.0 Å². The number of ether oxygens (including phenoxy) is 1. The Labute approximate surface area is 183 Å². The van der Waals surface area contributed by atoms with Gasteiger partial charge < -0.3 is 9.72 Å². The summed E-state index contributed by atoms with van der Waals surface area (Å²) in [5, 5.41) is 4.84. The van der Waals surface area contributed by atoms with Crippen LogP contribution in [0.2, 0.25) is 0 Å². The molecule has 32 heavy (non-hydrogen) atoms. The number of H-pyrrole nitrogens is 1. The number of nitrogens with one attached hydrogen (secondary N) is 1. The number of methoxy groups -OCH3 is 1. The van der Waals surface area contributed by atoms with Gasteiger partial charge in [0.05, 0.1) is 13.3 Å². The number of piperidine rings is 1. The quantitative estimate of drug-likeness (QED) is 0.498. The Kier molecular flexibility index (Phi) is 5.00. The number of halogens is 4. The zero-order valence-corrected chi connectivity index (χ0v) is 18.0. The maximum atomic E-state index is 13.8. The van der Waals surface area contributed by atoms with Crippen LogP contribution in [0, 0.1) is 12.3 Å². The van der Waals surface area contributed by atoms with E-state index >= 15 is 0 Å². The maximum absolute atomic E-state index is 13.8. The molecule has 5 nitrogen and oxygen atoms in total. The normalized spacial score (nSPS) is 22.5. The summed E-state index contributed by atoms with van der Waals surface area (Å²) in [7, 11) is 1.63. The molecular weight excluding hydrogens is 424 g/mol. The lowest BCUT2D eigenvalue weighted by Crippen LogP contribution is -2.53. The highest BCUT2D eigenvalue weighted by Gasteiger charge is 2.58. The minimum absolute atomic E-state index is 0.136. The van der Waals surface area contributed by atoms with Crippen LogP contribution in [-0.4, -0.2) is 39.2 Å². The van der Waals surface area contributed by atoms with Crippen LogP contribution in [0.4, 0.5) is 17.6 Å². The first-order chi connectivity index (χ1) is 15.2. The maximum Gasteiger partial charge on any atom is 0.333 e. The first-order valence-electron chi connectivity index (χ1n) is 10.8. The Bertz CT molecular complexity index is 1130. The second kappa shape index (κ2) is 7.50. The van der Waals surface area contributed by atoms with Crippen LogP contribution in [0.5, 0.6) is 5.75 Å². The summed E-state index contributed by atoms with van der Waals surface area (Å²) < 4.78 is 60.2. The van der Waals surface area contributed by atoms with Crippen molar-refractivity contribution in [1.82, 2.24) is 19.7 Å². The van der Waals surface area contributed by atoms with E-state index in [0.29, 0.717) is 36.2 Å². The van der Waals surface area contributed by atoms with Gasteiger partial charge in [-0.05, 0) is 49.4 Å². The average molecular weight is 450 g/mol. The van der Waals surface area contributed by atoms with Gasteiger partial charge in [0.25, 0.3) is 0 Å². The predicted molar refractivity (Wildman–Crippen MR) is 112 cm³/mol. The molecule has 3 heterocycles. The van der Waals surface area contributed by atoms with Crippen molar-refractivity contribution in [3.05, 3.63) is 47.4 Å². The third-order valence-electron chi connectivity index (χ3n) is 7.16. The predicted octanol–water partition coefficient (Wildman–Crippen LogP) is 5.83. The minimum Gasteiger partial charge on any atom is -0.496 e. The zero-order chi connectivity index (χ0) is 22.7. The Morgan fingerprint density at radius 3 is 2.75 bits per heavy atom. The monoisotopic (exact) mass is 450 g/mol. The summed E-state index contributed by atoms with van der Waals surface area (Å²) >= 11 is 0. The molecule has 1 spiro atoms. The number of rotatable bonds is 5. The standard InChI is InChI=1S/C23H26F4N4O/c1-14-7-19(32-2)17(16-3-5-28-20(14)16)11-30-6-4-22(12-23(26,27)13-22)8-18(30)15-9-29-31(10-15)21(24)25/h3,5,7,9-10,18,21,28H,4,6,8,11-13H2,1-2H3/t18-/m1/s1. The topological polar surface area (TPSA) is 46.1 Å². The molecule has 1 saturated heterocycles. The van der Waals surface area contributed by atoms with E-state index in [0.717, 1.165) is 27.8 Å². The van der Waals surface area contributed by atoms with Crippen molar-refractivity contribution in [3.63, 3.8) is 0 Å². The summed E-state index contributed by atoms with van der Waals surface area (Å²) in [4.78, 5) is 5.45. The van der Waals surface area contributed by atoms with Crippen molar-refractivity contribution in [2.24, 2.45) is 5.41 Å². The molecule has 0 bridgehead atoms. The van der Waals surface area contributed by atoms with Gasteiger partial charge in [0.1, 0.15) is 5.75 Å². The first-order valence-corrected chi connectivity index (χ1v) is 10.8. The Morgan fingerprint density at radius 2 is 2.09 bits per heavy atom. The Morgan fingerprint density at radius 1 is 1.31 bits per heavy atom. The van der Waals surface area contributed by atoms with Gasteiger partial charge in [-0.2, -0.15) is 13.9 Å². The molecule has 0 radical (unpaired) electrons. The molecule has 1 aromatic carbocycles. The number of nitrogens with zero attached hydrogens (tertiary/aromatic N) is 3. The third kappa shape index (κ3) is 3.56. The number of aromatic amines is 1. The molecule has 2 aromatic heterocycles. The van der Waals surface area contributed by atoms with Crippen molar-refractivity contribution in [2.75, 3.05) is 13.7 Å². The van der Waals surface area contributed by atoms with Crippen LogP contribution in [-0.2, 0) is 6.54 Å². The molecule has 1 saturated carbocycles. The lowest BCUT2D eigenvalue weighted by molar-refractivity contribution is -0.186. The van der Waals surface area contributed by atoms with Crippen LogP contribution in [0.1, 0.15) is 55.0 Å². The molecule has 5 rings (SSSR count). The van der Waals surface area contributed by atoms with Gasteiger partial charge in [-0.3, -0.25) is 4.90 Å². The largest absolute Gasteiger partial charge is 0.496 e.